The molecule has 0 saturated carbocycles. The molecule has 0 aliphatic carbocycles. The van der Waals surface area contributed by atoms with Gasteiger partial charge in [-0.25, -0.2) is 4.39 Å². The average Bonchev–Trinajstić information content (AvgIpc) is 2.46. The number of likely N-dealkylation sites (tertiary alicyclic amines) is 1. The molecule has 0 bridgehead atoms. The molecule has 1 aliphatic rings. The second kappa shape index (κ2) is 7.77. The number of halogens is 1. The highest BCUT2D eigenvalue weighted by Gasteiger charge is 2.26. The van der Waals surface area contributed by atoms with Crippen molar-refractivity contribution in [3.8, 4) is 0 Å². The summed E-state index contributed by atoms with van der Waals surface area (Å²) < 4.78 is 13.1. The minimum atomic E-state index is -0.328. The number of benzene rings is 1. The zero-order valence-electron chi connectivity index (χ0n) is 14.8. The molecule has 1 N–H and O–H groups in total. The second-order valence-electron chi connectivity index (χ2n) is 7.77. The van der Waals surface area contributed by atoms with E-state index in [4.69, 9.17) is 0 Å². The van der Waals surface area contributed by atoms with Crippen LogP contribution < -0.4 is 5.32 Å². The smallest absolute Gasteiger partial charge is 0.224 e. The Hall–Kier alpha value is -1.91. The third kappa shape index (κ3) is 5.95. The van der Waals surface area contributed by atoms with E-state index in [0.29, 0.717) is 25.1 Å². The van der Waals surface area contributed by atoms with E-state index in [0.717, 1.165) is 12.8 Å². The van der Waals surface area contributed by atoms with Crippen LogP contribution in [0.4, 0.5) is 4.39 Å². The lowest BCUT2D eigenvalue weighted by Gasteiger charge is -2.34. The first-order chi connectivity index (χ1) is 11.2. The predicted octanol–water partition coefficient (Wildman–Crippen LogP) is 2.91. The maximum Gasteiger partial charge on any atom is 0.224 e. The molecule has 0 aromatic heterocycles. The Bertz CT molecular complexity index is 587. The van der Waals surface area contributed by atoms with Gasteiger partial charge in [0, 0.05) is 25.6 Å². The molecule has 132 valence electrons. The van der Waals surface area contributed by atoms with Gasteiger partial charge in [-0.2, -0.15) is 0 Å². The standard InChI is InChI=1S/C19H27FN2O2/c1-19(2,3)13-18(24)22-9-7-16(8-10-22)21-17(23)12-14-5-4-6-15(20)11-14/h4-6,11,16H,7-10,12-13H2,1-3H3,(H,21,23). The SMILES string of the molecule is CC(C)(C)CC(=O)N1CCC(NC(=O)Cc2cccc(F)c2)CC1. The first-order valence-corrected chi connectivity index (χ1v) is 8.54. The summed E-state index contributed by atoms with van der Waals surface area (Å²) in [5.41, 5.74) is 0.665. The van der Waals surface area contributed by atoms with E-state index in [9.17, 15) is 14.0 Å². The third-order valence-electron chi connectivity index (χ3n) is 4.15. The molecule has 2 rings (SSSR count). The Balaban J connectivity index is 1.76. The molecule has 0 atom stereocenters. The Morgan fingerprint density at radius 1 is 1.25 bits per heavy atom. The van der Waals surface area contributed by atoms with Gasteiger partial charge in [0.2, 0.25) is 11.8 Å². The van der Waals surface area contributed by atoms with Gasteiger partial charge < -0.3 is 10.2 Å². The van der Waals surface area contributed by atoms with Gasteiger partial charge in [0.1, 0.15) is 5.82 Å². The van der Waals surface area contributed by atoms with E-state index >= 15 is 0 Å². The fraction of sp³-hybridized carbons (Fsp3) is 0.579. The number of piperidine rings is 1. The summed E-state index contributed by atoms with van der Waals surface area (Å²) in [4.78, 5) is 26.2. The van der Waals surface area contributed by atoms with E-state index in [2.05, 4.69) is 26.1 Å². The van der Waals surface area contributed by atoms with Crippen molar-refractivity contribution < 1.29 is 14.0 Å². The molecule has 1 saturated heterocycles. The van der Waals surface area contributed by atoms with Crippen molar-refractivity contribution >= 4 is 11.8 Å². The molecule has 4 nitrogen and oxygen atoms in total. The summed E-state index contributed by atoms with van der Waals surface area (Å²) in [5, 5.41) is 3.00. The van der Waals surface area contributed by atoms with E-state index < -0.39 is 0 Å². The zero-order chi connectivity index (χ0) is 17.7. The molecule has 24 heavy (non-hydrogen) atoms. The van der Waals surface area contributed by atoms with Gasteiger partial charge in [-0.05, 0) is 36.0 Å². The molecule has 1 aliphatic heterocycles. The molecular weight excluding hydrogens is 307 g/mol. The lowest BCUT2D eigenvalue weighted by molar-refractivity contribution is -0.134. The molecule has 1 fully saturated rings. The predicted molar refractivity (Wildman–Crippen MR) is 91.9 cm³/mol. The van der Waals surface area contributed by atoms with Crippen LogP contribution in [-0.4, -0.2) is 35.8 Å². The molecule has 0 spiro atoms. The number of carbonyl (C=O) groups is 2. The van der Waals surface area contributed by atoms with Gasteiger partial charge in [0.25, 0.3) is 0 Å². The fourth-order valence-electron chi connectivity index (χ4n) is 2.95. The number of rotatable bonds is 4. The summed E-state index contributed by atoms with van der Waals surface area (Å²) in [6.07, 6.45) is 2.26. The van der Waals surface area contributed by atoms with Crippen LogP contribution >= 0.6 is 0 Å². The number of hydrogen-bond donors (Lipinski definition) is 1. The van der Waals surface area contributed by atoms with E-state index in [1.165, 1.54) is 12.1 Å². The summed E-state index contributed by atoms with van der Waals surface area (Å²) >= 11 is 0. The molecule has 0 radical (unpaired) electrons. The highest BCUT2D eigenvalue weighted by atomic mass is 19.1. The lowest BCUT2D eigenvalue weighted by atomic mass is 9.91. The van der Waals surface area contributed by atoms with Crippen LogP contribution in [-0.2, 0) is 16.0 Å². The van der Waals surface area contributed by atoms with Gasteiger partial charge in [0.05, 0.1) is 6.42 Å². The number of amides is 2. The fourth-order valence-corrected chi connectivity index (χ4v) is 2.95. The zero-order valence-corrected chi connectivity index (χ0v) is 14.8. The summed E-state index contributed by atoms with van der Waals surface area (Å²) in [5.74, 6) is -0.238. The van der Waals surface area contributed by atoms with Crippen LogP contribution in [0.2, 0.25) is 0 Å². The maximum absolute atomic E-state index is 13.1. The molecule has 0 unspecified atom stereocenters. The number of hydrogen-bond acceptors (Lipinski definition) is 2. The Morgan fingerprint density at radius 3 is 2.50 bits per heavy atom. The average molecular weight is 334 g/mol. The maximum atomic E-state index is 13.1. The summed E-state index contributed by atoms with van der Waals surface area (Å²) in [7, 11) is 0. The Morgan fingerprint density at radius 2 is 1.92 bits per heavy atom. The molecule has 1 aromatic rings. The largest absolute Gasteiger partial charge is 0.353 e. The topological polar surface area (TPSA) is 49.4 Å². The van der Waals surface area contributed by atoms with Crippen molar-refractivity contribution in [2.45, 2.75) is 52.5 Å². The third-order valence-corrected chi connectivity index (χ3v) is 4.15. The van der Waals surface area contributed by atoms with Crippen molar-refractivity contribution in [1.29, 1.82) is 0 Å². The van der Waals surface area contributed by atoms with Gasteiger partial charge in [-0.15, -0.1) is 0 Å². The van der Waals surface area contributed by atoms with Crippen LogP contribution in [0.1, 0.15) is 45.6 Å². The highest BCUT2D eigenvalue weighted by molar-refractivity contribution is 5.79. The summed E-state index contributed by atoms with van der Waals surface area (Å²) in [6, 6.07) is 6.19. The van der Waals surface area contributed by atoms with Crippen LogP contribution in [0, 0.1) is 11.2 Å². The normalized spacial score (nSPS) is 16.1. The first kappa shape index (κ1) is 18.4. The molecule has 1 heterocycles. The van der Waals surface area contributed by atoms with E-state index in [1.54, 1.807) is 12.1 Å². The molecule has 5 heteroatoms. The van der Waals surface area contributed by atoms with Crippen molar-refractivity contribution in [2.75, 3.05) is 13.1 Å². The second-order valence-corrected chi connectivity index (χ2v) is 7.77. The minimum absolute atomic E-state index is 0.00684. The molecule has 2 amide bonds. The number of nitrogens with one attached hydrogen (secondary N) is 1. The van der Waals surface area contributed by atoms with Gasteiger partial charge in [-0.3, -0.25) is 9.59 Å². The van der Waals surface area contributed by atoms with Crippen molar-refractivity contribution in [1.82, 2.24) is 10.2 Å². The monoisotopic (exact) mass is 334 g/mol. The Kier molecular flexibility index (Phi) is 5.97. The number of nitrogens with zero attached hydrogens (tertiary/aromatic N) is 1. The van der Waals surface area contributed by atoms with Gasteiger partial charge >= 0.3 is 0 Å². The van der Waals surface area contributed by atoms with Crippen molar-refractivity contribution in [3.05, 3.63) is 35.6 Å². The minimum Gasteiger partial charge on any atom is -0.353 e. The van der Waals surface area contributed by atoms with Crippen LogP contribution in [0.25, 0.3) is 0 Å². The molecule has 1 aromatic carbocycles. The lowest BCUT2D eigenvalue weighted by Crippen LogP contribution is -2.47. The molecular formula is C19H27FN2O2. The van der Waals surface area contributed by atoms with Crippen LogP contribution in [0.3, 0.4) is 0 Å². The van der Waals surface area contributed by atoms with E-state index in [-0.39, 0.29) is 35.5 Å². The number of carbonyl (C=O) groups excluding carboxylic acids is 2. The summed E-state index contributed by atoms with van der Waals surface area (Å²) in [6.45, 7) is 7.54. The van der Waals surface area contributed by atoms with Crippen molar-refractivity contribution in [2.24, 2.45) is 5.41 Å². The van der Waals surface area contributed by atoms with E-state index in [1.807, 2.05) is 4.90 Å². The van der Waals surface area contributed by atoms with Gasteiger partial charge in [-0.1, -0.05) is 32.9 Å². The van der Waals surface area contributed by atoms with Gasteiger partial charge in [0.15, 0.2) is 0 Å². The van der Waals surface area contributed by atoms with Crippen LogP contribution in [0.5, 0.6) is 0 Å². The quantitative estimate of drug-likeness (QED) is 0.920. The van der Waals surface area contributed by atoms with Crippen LogP contribution in [0.15, 0.2) is 24.3 Å². The highest BCUT2D eigenvalue weighted by Crippen LogP contribution is 2.21. The Labute approximate surface area is 143 Å². The first-order valence-electron chi connectivity index (χ1n) is 8.54. The van der Waals surface area contributed by atoms with Crippen molar-refractivity contribution in [3.63, 3.8) is 0 Å².